The quantitative estimate of drug-likeness (QED) is 0.457. The van der Waals surface area contributed by atoms with Crippen LogP contribution in [0, 0.1) is 0 Å². The van der Waals surface area contributed by atoms with Crippen LogP contribution < -0.4 is 0 Å². The molecule has 1 rings (SSSR count). The van der Waals surface area contributed by atoms with Gasteiger partial charge in [0.05, 0.1) is 0 Å². The Labute approximate surface area is 70.6 Å². The van der Waals surface area contributed by atoms with Gasteiger partial charge in [-0.2, -0.15) is 0 Å². The Morgan fingerprint density at radius 3 is 2.91 bits per heavy atom. The molecule has 0 aromatic rings. The van der Waals surface area contributed by atoms with Gasteiger partial charge in [0.2, 0.25) is 0 Å². The van der Waals surface area contributed by atoms with Crippen LogP contribution >= 0.6 is 0 Å². The van der Waals surface area contributed by atoms with Crippen molar-refractivity contribution in [2.75, 3.05) is 0 Å². The Morgan fingerprint density at radius 1 is 1.64 bits per heavy atom. The lowest BCUT2D eigenvalue weighted by atomic mass is 10.1. The van der Waals surface area contributed by atoms with Crippen molar-refractivity contribution in [3.63, 3.8) is 0 Å². The predicted octanol–water partition coefficient (Wildman–Crippen LogP) is 2.95. The van der Waals surface area contributed by atoms with Gasteiger partial charge in [0.1, 0.15) is 0 Å². The van der Waals surface area contributed by atoms with Crippen molar-refractivity contribution in [3.05, 3.63) is 12.7 Å². The van der Waals surface area contributed by atoms with E-state index in [0.717, 1.165) is 6.42 Å². The molecule has 0 saturated carbocycles. The molecule has 11 heavy (non-hydrogen) atoms. The maximum absolute atomic E-state index is 5.98. The second kappa shape index (κ2) is 3.54. The third-order valence-corrected chi connectivity index (χ3v) is 4.75. The van der Waals surface area contributed by atoms with Crippen molar-refractivity contribution >= 4 is 8.32 Å². The van der Waals surface area contributed by atoms with E-state index in [2.05, 4.69) is 19.7 Å². The lowest BCUT2D eigenvalue weighted by Crippen LogP contribution is -2.39. The van der Waals surface area contributed by atoms with Gasteiger partial charge in [0.25, 0.3) is 0 Å². The highest BCUT2D eigenvalue weighted by Crippen LogP contribution is 2.27. The fourth-order valence-electron chi connectivity index (χ4n) is 1.68. The molecule has 0 N–H and O–H groups in total. The number of rotatable bonds is 2. The summed E-state index contributed by atoms with van der Waals surface area (Å²) >= 11 is 0. The first-order valence-corrected chi connectivity index (χ1v) is 7.54. The standard InChI is InChI=1S/C9H18OSi/c1-4-6-9-7-5-8-11(2,3)10-9/h4,9H,1,5-8H2,2-3H3. The van der Waals surface area contributed by atoms with E-state index in [1.165, 1.54) is 18.9 Å². The molecule has 2 heteroatoms. The van der Waals surface area contributed by atoms with E-state index in [0.29, 0.717) is 6.10 Å². The first-order valence-electron chi connectivity index (χ1n) is 4.43. The molecule has 0 amide bonds. The van der Waals surface area contributed by atoms with E-state index in [1.807, 2.05) is 6.08 Å². The minimum Gasteiger partial charge on any atom is -0.414 e. The molecule has 0 aliphatic carbocycles. The van der Waals surface area contributed by atoms with Crippen molar-refractivity contribution in [3.8, 4) is 0 Å². The van der Waals surface area contributed by atoms with Crippen LogP contribution in [0.5, 0.6) is 0 Å². The average Bonchev–Trinajstić information content (AvgIpc) is 1.85. The van der Waals surface area contributed by atoms with Gasteiger partial charge in [-0.25, -0.2) is 0 Å². The molecule has 1 saturated heterocycles. The van der Waals surface area contributed by atoms with Crippen molar-refractivity contribution < 1.29 is 4.43 Å². The van der Waals surface area contributed by atoms with Crippen molar-refractivity contribution in [2.45, 2.75) is 44.5 Å². The van der Waals surface area contributed by atoms with Crippen LogP contribution in [0.15, 0.2) is 12.7 Å². The Balaban J connectivity index is 2.39. The van der Waals surface area contributed by atoms with Crippen LogP contribution in [0.1, 0.15) is 19.3 Å². The molecule has 1 atom stereocenters. The fourth-order valence-corrected chi connectivity index (χ4v) is 3.97. The maximum Gasteiger partial charge on any atom is 0.187 e. The second-order valence-electron chi connectivity index (χ2n) is 3.92. The first kappa shape index (κ1) is 9.01. The van der Waals surface area contributed by atoms with Gasteiger partial charge >= 0.3 is 0 Å². The van der Waals surface area contributed by atoms with Crippen LogP contribution in [0.25, 0.3) is 0 Å². The zero-order chi connectivity index (χ0) is 8.32. The van der Waals surface area contributed by atoms with Gasteiger partial charge < -0.3 is 4.43 Å². The first-order chi connectivity index (χ1) is 5.14. The molecule has 1 heterocycles. The monoisotopic (exact) mass is 170 g/mol. The lowest BCUT2D eigenvalue weighted by Gasteiger charge is -2.34. The van der Waals surface area contributed by atoms with Gasteiger partial charge in [-0.1, -0.05) is 12.5 Å². The molecule has 0 aromatic heterocycles. The Morgan fingerprint density at radius 2 is 2.36 bits per heavy atom. The van der Waals surface area contributed by atoms with E-state index in [4.69, 9.17) is 4.43 Å². The van der Waals surface area contributed by atoms with Crippen LogP contribution in [-0.2, 0) is 4.43 Å². The van der Waals surface area contributed by atoms with Gasteiger partial charge in [-0.15, -0.1) is 6.58 Å². The van der Waals surface area contributed by atoms with Gasteiger partial charge in [0, 0.05) is 6.10 Å². The summed E-state index contributed by atoms with van der Waals surface area (Å²) < 4.78 is 5.98. The molecule has 0 spiro atoms. The summed E-state index contributed by atoms with van der Waals surface area (Å²) in [6, 6.07) is 1.33. The van der Waals surface area contributed by atoms with E-state index in [9.17, 15) is 0 Å². The molecule has 1 unspecified atom stereocenters. The fraction of sp³-hybridized carbons (Fsp3) is 0.778. The largest absolute Gasteiger partial charge is 0.414 e. The highest BCUT2D eigenvalue weighted by Gasteiger charge is 2.29. The normalized spacial score (nSPS) is 29.8. The molecule has 64 valence electrons. The van der Waals surface area contributed by atoms with Crippen LogP contribution in [0.3, 0.4) is 0 Å². The molecule has 0 radical (unpaired) electrons. The zero-order valence-electron chi connectivity index (χ0n) is 7.60. The minimum absolute atomic E-state index is 0.489. The molecular formula is C9H18OSi. The Kier molecular flexibility index (Phi) is 2.90. The zero-order valence-corrected chi connectivity index (χ0v) is 8.60. The molecule has 0 aromatic carbocycles. The number of hydrogen-bond acceptors (Lipinski definition) is 1. The smallest absolute Gasteiger partial charge is 0.187 e. The van der Waals surface area contributed by atoms with Crippen molar-refractivity contribution in [1.29, 1.82) is 0 Å². The highest BCUT2D eigenvalue weighted by molar-refractivity contribution is 6.71. The van der Waals surface area contributed by atoms with Gasteiger partial charge in [-0.05, 0) is 32.0 Å². The molecule has 0 bridgehead atoms. The van der Waals surface area contributed by atoms with Gasteiger partial charge in [0.15, 0.2) is 8.32 Å². The molecule has 1 aliphatic heterocycles. The SMILES string of the molecule is C=CCC1CCC[Si](C)(C)O1. The average molecular weight is 170 g/mol. The van der Waals surface area contributed by atoms with Crippen LogP contribution in [0.2, 0.25) is 19.1 Å². The molecule has 1 fully saturated rings. The number of hydrogen-bond donors (Lipinski definition) is 0. The summed E-state index contributed by atoms with van der Waals surface area (Å²) in [6.45, 7) is 8.35. The second-order valence-corrected chi connectivity index (χ2v) is 8.17. The van der Waals surface area contributed by atoms with Crippen molar-refractivity contribution in [2.24, 2.45) is 0 Å². The summed E-state index contributed by atoms with van der Waals surface area (Å²) in [6.07, 6.45) is 6.10. The summed E-state index contributed by atoms with van der Waals surface area (Å²) in [5, 5.41) is 0. The third-order valence-electron chi connectivity index (χ3n) is 2.22. The van der Waals surface area contributed by atoms with E-state index < -0.39 is 8.32 Å². The van der Waals surface area contributed by atoms with E-state index >= 15 is 0 Å². The van der Waals surface area contributed by atoms with E-state index in [1.54, 1.807) is 0 Å². The Bertz CT molecular complexity index is 142. The summed E-state index contributed by atoms with van der Waals surface area (Å²) in [4.78, 5) is 0. The Hall–Kier alpha value is -0.0831. The third kappa shape index (κ3) is 2.79. The molecule has 1 aliphatic rings. The molecule has 1 nitrogen and oxygen atoms in total. The van der Waals surface area contributed by atoms with Gasteiger partial charge in [-0.3, -0.25) is 0 Å². The summed E-state index contributed by atoms with van der Waals surface area (Å²) in [5.74, 6) is 0. The lowest BCUT2D eigenvalue weighted by molar-refractivity contribution is 0.164. The summed E-state index contributed by atoms with van der Waals surface area (Å²) in [7, 11) is -1.24. The van der Waals surface area contributed by atoms with Crippen LogP contribution in [0.4, 0.5) is 0 Å². The topological polar surface area (TPSA) is 9.23 Å². The van der Waals surface area contributed by atoms with E-state index in [-0.39, 0.29) is 0 Å². The van der Waals surface area contributed by atoms with Crippen LogP contribution in [-0.4, -0.2) is 14.4 Å². The minimum atomic E-state index is -1.24. The maximum atomic E-state index is 5.98. The summed E-state index contributed by atoms with van der Waals surface area (Å²) in [5.41, 5.74) is 0. The molecular weight excluding hydrogens is 152 g/mol. The highest BCUT2D eigenvalue weighted by atomic mass is 28.4. The van der Waals surface area contributed by atoms with Crippen molar-refractivity contribution in [1.82, 2.24) is 0 Å². The predicted molar refractivity (Wildman–Crippen MR) is 51.2 cm³/mol.